The molecule has 0 spiro atoms. The quantitative estimate of drug-likeness (QED) is 0.455. The highest BCUT2D eigenvalue weighted by molar-refractivity contribution is 6.36. The molecule has 6 rings (SSSR count). The number of nitrogens with zero attached hydrogens (tertiary/aromatic N) is 3. The van der Waals surface area contributed by atoms with Crippen molar-refractivity contribution in [3.63, 3.8) is 0 Å². The second-order valence-corrected chi connectivity index (χ2v) is 8.77. The Balaban J connectivity index is 1.41. The lowest BCUT2D eigenvalue weighted by Crippen LogP contribution is -2.25. The molecule has 3 aromatic carbocycles. The highest BCUT2D eigenvalue weighted by Gasteiger charge is 2.41. The van der Waals surface area contributed by atoms with Gasteiger partial charge in [-0.15, -0.1) is 0 Å². The molecule has 37 heavy (non-hydrogen) atoms. The maximum atomic E-state index is 15.1. The van der Waals surface area contributed by atoms with Crippen molar-refractivity contribution >= 4 is 29.1 Å². The molecule has 2 amide bonds. The van der Waals surface area contributed by atoms with Crippen molar-refractivity contribution < 1.29 is 31.9 Å². The number of hydrazone groups is 1. The smallest absolute Gasteiger partial charge is 0.414 e. The van der Waals surface area contributed by atoms with Gasteiger partial charge in [0.05, 0.1) is 17.8 Å². The highest BCUT2D eigenvalue weighted by Crippen LogP contribution is 2.40. The number of halogens is 4. The van der Waals surface area contributed by atoms with Gasteiger partial charge in [0.25, 0.3) is 5.91 Å². The summed E-state index contributed by atoms with van der Waals surface area (Å²) in [5.41, 5.74) is -0.0769. The van der Waals surface area contributed by atoms with E-state index < -0.39 is 41.2 Å². The van der Waals surface area contributed by atoms with E-state index in [0.717, 1.165) is 23.2 Å². The number of amides is 2. The number of fused-ring (bicyclic) bond motifs is 3. The van der Waals surface area contributed by atoms with E-state index in [1.807, 2.05) is 0 Å². The van der Waals surface area contributed by atoms with Crippen molar-refractivity contribution in [3.05, 3.63) is 106 Å². The topological polar surface area (TPSA) is 62.2 Å². The van der Waals surface area contributed by atoms with Crippen LogP contribution < -0.4 is 9.91 Å². The van der Waals surface area contributed by atoms with Crippen LogP contribution in [0.1, 0.15) is 22.6 Å². The molecular weight excluding hydrogens is 490 g/mol. The Kier molecular flexibility index (Phi) is 5.32. The largest absolute Gasteiger partial charge is 0.447 e. The van der Waals surface area contributed by atoms with E-state index in [9.17, 15) is 14.0 Å². The summed E-state index contributed by atoms with van der Waals surface area (Å²) in [7, 11) is 0. The number of hydrogen-bond donors (Lipinski definition) is 0. The summed E-state index contributed by atoms with van der Waals surface area (Å²) in [6.07, 6.45) is 0.729. The van der Waals surface area contributed by atoms with E-state index >= 15 is 13.2 Å². The number of carbonyl (C=O) groups excluding carboxylic acids is 2. The second kappa shape index (κ2) is 8.58. The number of ether oxygens (including phenoxy) is 1. The molecule has 1 aliphatic carbocycles. The van der Waals surface area contributed by atoms with Gasteiger partial charge in [-0.2, -0.15) is 10.1 Å². The molecule has 3 aliphatic rings. The maximum Gasteiger partial charge on any atom is 0.414 e. The highest BCUT2D eigenvalue weighted by atomic mass is 19.1. The summed E-state index contributed by atoms with van der Waals surface area (Å²) in [5, 5.41) is 4.97. The van der Waals surface area contributed by atoms with Gasteiger partial charge in [0, 0.05) is 17.0 Å². The van der Waals surface area contributed by atoms with E-state index in [4.69, 9.17) is 4.74 Å². The Hall–Kier alpha value is -4.47. The van der Waals surface area contributed by atoms with Gasteiger partial charge in [0.15, 0.2) is 0 Å². The molecule has 2 heterocycles. The van der Waals surface area contributed by atoms with Crippen LogP contribution in [-0.2, 0) is 16.0 Å². The van der Waals surface area contributed by atoms with Crippen LogP contribution in [0.25, 0.3) is 0 Å². The van der Waals surface area contributed by atoms with E-state index in [-0.39, 0.29) is 53.2 Å². The van der Waals surface area contributed by atoms with Crippen LogP contribution in [-0.4, -0.2) is 30.9 Å². The molecule has 0 saturated carbocycles. The monoisotopic (exact) mass is 507 g/mol. The van der Waals surface area contributed by atoms with Gasteiger partial charge in [-0.25, -0.2) is 22.4 Å². The molecule has 1 atom stereocenters. The lowest BCUT2D eigenvalue weighted by molar-refractivity contribution is -0.114. The predicted molar refractivity (Wildman–Crippen MR) is 126 cm³/mol. The van der Waals surface area contributed by atoms with Crippen LogP contribution in [0.15, 0.2) is 71.3 Å². The van der Waals surface area contributed by atoms with E-state index in [0.29, 0.717) is 5.69 Å². The molecule has 2 aliphatic heterocycles. The summed E-state index contributed by atoms with van der Waals surface area (Å²) in [4.78, 5) is 26.3. The Morgan fingerprint density at radius 2 is 1.70 bits per heavy atom. The molecule has 0 aromatic heterocycles. The second-order valence-electron chi connectivity index (χ2n) is 8.77. The zero-order chi connectivity index (χ0) is 25.8. The first-order valence-electron chi connectivity index (χ1n) is 11.4. The number of hydrogen-bond acceptors (Lipinski definition) is 4. The summed E-state index contributed by atoms with van der Waals surface area (Å²) in [6.45, 7) is 0.480. The fourth-order valence-electron chi connectivity index (χ4n) is 4.89. The van der Waals surface area contributed by atoms with Crippen molar-refractivity contribution in [3.8, 4) is 0 Å². The third-order valence-electron chi connectivity index (χ3n) is 6.62. The summed E-state index contributed by atoms with van der Waals surface area (Å²) in [5.74, 6) is -4.53. The third-order valence-corrected chi connectivity index (χ3v) is 6.62. The molecule has 1 unspecified atom stereocenters. The molecule has 10 heteroatoms. The molecule has 3 aromatic rings. The van der Waals surface area contributed by atoms with Crippen molar-refractivity contribution in [1.29, 1.82) is 0 Å². The molecule has 0 radical (unpaired) electrons. The van der Waals surface area contributed by atoms with Gasteiger partial charge in [0.1, 0.15) is 41.3 Å². The van der Waals surface area contributed by atoms with Gasteiger partial charge in [-0.1, -0.05) is 24.3 Å². The number of rotatable bonds is 4. The normalized spacial score (nSPS) is 18.4. The summed E-state index contributed by atoms with van der Waals surface area (Å²) < 4.78 is 64.6. The Morgan fingerprint density at radius 3 is 2.43 bits per heavy atom. The first-order valence-corrected chi connectivity index (χ1v) is 11.4. The first-order chi connectivity index (χ1) is 17.8. The van der Waals surface area contributed by atoms with Crippen molar-refractivity contribution in [2.24, 2.45) is 5.10 Å². The average Bonchev–Trinajstić information content (AvgIpc) is 3.45. The lowest BCUT2D eigenvalue weighted by atomic mass is 9.79. The number of cyclic esters (lactones) is 1. The number of anilines is 2. The van der Waals surface area contributed by atoms with Crippen LogP contribution in [0.4, 0.5) is 33.7 Å². The van der Waals surface area contributed by atoms with E-state index in [2.05, 4.69) is 5.10 Å². The minimum Gasteiger partial charge on any atom is -0.447 e. The van der Waals surface area contributed by atoms with Crippen LogP contribution in [0.5, 0.6) is 0 Å². The standard InChI is InChI=1S/C27H17F4N3O3/c28-18-3-1-2-4-22(18)34-26(35)17-12-15(23-19(29)7-8-20(30)24(23)25(17)32-34)11-14-5-6-16(13-21(14)31)33-9-10-37-27(33)36/h1-8,12-13,15H,9-11H2. The molecular formula is C27H17F4N3O3. The zero-order valence-electron chi connectivity index (χ0n) is 19.1. The minimum atomic E-state index is -0.915. The van der Waals surface area contributed by atoms with Gasteiger partial charge >= 0.3 is 6.09 Å². The molecule has 186 valence electrons. The van der Waals surface area contributed by atoms with Crippen LogP contribution in [0.3, 0.4) is 0 Å². The fraction of sp³-hybridized carbons (Fsp3) is 0.148. The van der Waals surface area contributed by atoms with E-state index in [1.165, 1.54) is 47.4 Å². The molecule has 0 N–H and O–H groups in total. The van der Waals surface area contributed by atoms with Crippen LogP contribution in [0, 0.1) is 23.3 Å². The zero-order valence-corrected chi connectivity index (χ0v) is 19.1. The Morgan fingerprint density at radius 1 is 0.919 bits per heavy atom. The van der Waals surface area contributed by atoms with Crippen molar-refractivity contribution in [1.82, 2.24) is 0 Å². The summed E-state index contributed by atoms with van der Waals surface area (Å²) in [6, 6.07) is 11.5. The molecule has 0 bridgehead atoms. The number of benzene rings is 3. The number of carbonyl (C=O) groups is 2. The van der Waals surface area contributed by atoms with Gasteiger partial charge in [-0.3, -0.25) is 9.69 Å². The first kappa shape index (κ1) is 23.0. The number of allylic oxidation sites excluding steroid dienone is 1. The van der Waals surface area contributed by atoms with Crippen molar-refractivity contribution in [2.75, 3.05) is 23.1 Å². The fourth-order valence-corrected chi connectivity index (χ4v) is 4.89. The van der Waals surface area contributed by atoms with Crippen LogP contribution >= 0.6 is 0 Å². The Labute approximate surface area is 208 Å². The average molecular weight is 507 g/mol. The molecule has 1 fully saturated rings. The molecule has 6 nitrogen and oxygen atoms in total. The number of para-hydroxylation sites is 1. The van der Waals surface area contributed by atoms with E-state index in [1.54, 1.807) is 0 Å². The van der Waals surface area contributed by atoms with Gasteiger partial charge in [-0.05, 0) is 48.4 Å². The SMILES string of the molecule is O=C1OCCN1c1ccc(CC2C=C3C(=O)N(c4ccccc4F)N=C3c3c(F)ccc(F)c32)c(F)c1. The van der Waals surface area contributed by atoms with Gasteiger partial charge < -0.3 is 4.74 Å². The lowest BCUT2D eigenvalue weighted by Gasteiger charge is -2.24. The van der Waals surface area contributed by atoms with Crippen molar-refractivity contribution in [2.45, 2.75) is 12.3 Å². The van der Waals surface area contributed by atoms with Crippen LogP contribution in [0.2, 0.25) is 0 Å². The summed E-state index contributed by atoms with van der Waals surface area (Å²) >= 11 is 0. The Bertz CT molecular complexity index is 1550. The third kappa shape index (κ3) is 3.67. The van der Waals surface area contributed by atoms with Gasteiger partial charge in [0.2, 0.25) is 0 Å². The minimum absolute atomic E-state index is 0.0258. The molecule has 1 saturated heterocycles. The predicted octanol–water partition coefficient (Wildman–Crippen LogP) is 5.22. The maximum absolute atomic E-state index is 15.1.